The number of urea groups is 1. The van der Waals surface area contributed by atoms with Crippen LogP contribution in [0.2, 0.25) is 0 Å². The van der Waals surface area contributed by atoms with Crippen LogP contribution in [0.5, 0.6) is 11.5 Å². The van der Waals surface area contributed by atoms with E-state index in [-0.39, 0.29) is 38.1 Å². The van der Waals surface area contributed by atoms with Crippen molar-refractivity contribution in [2.45, 2.75) is 25.4 Å². The van der Waals surface area contributed by atoms with Crippen molar-refractivity contribution >= 4 is 6.03 Å². The van der Waals surface area contributed by atoms with Crippen LogP contribution in [0, 0.1) is 0 Å². The Kier molecular flexibility index (Phi) is 4.28. The van der Waals surface area contributed by atoms with E-state index in [2.05, 4.69) is 15.5 Å². The van der Waals surface area contributed by atoms with E-state index >= 15 is 0 Å². The first-order chi connectivity index (χ1) is 12.9. The minimum Gasteiger partial charge on any atom is -0.486 e. The van der Waals surface area contributed by atoms with Crippen LogP contribution in [0.1, 0.15) is 11.6 Å². The molecule has 0 saturated heterocycles. The second-order valence-corrected chi connectivity index (χ2v) is 6.19. The maximum atomic E-state index is 12.9. The largest absolute Gasteiger partial charge is 0.486 e. The van der Waals surface area contributed by atoms with Crippen LogP contribution in [0.3, 0.4) is 0 Å². The Bertz CT molecular complexity index is 854. The minimum atomic E-state index is -4.57. The Morgan fingerprint density at radius 1 is 1.22 bits per heavy atom. The van der Waals surface area contributed by atoms with Gasteiger partial charge in [-0.25, -0.2) is 4.79 Å². The van der Waals surface area contributed by atoms with Gasteiger partial charge in [0.1, 0.15) is 6.61 Å². The number of benzene rings is 1. The molecule has 0 spiro atoms. The number of halogens is 3. The van der Waals surface area contributed by atoms with Crippen molar-refractivity contribution in [1.82, 2.24) is 25.0 Å². The van der Waals surface area contributed by atoms with Crippen LogP contribution < -0.4 is 14.8 Å². The van der Waals surface area contributed by atoms with Gasteiger partial charge in [-0.3, -0.25) is 0 Å². The molecule has 1 aromatic carbocycles. The third-order valence-corrected chi connectivity index (χ3v) is 4.34. The van der Waals surface area contributed by atoms with Crippen LogP contribution in [-0.4, -0.2) is 51.5 Å². The predicted molar refractivity (Wildman–Crippen MR) is 85.2 cm³/mol. The molecule has 0 saturated carbocycles. The zero-order valence-electron chi connectivity index (χ0n) is 14.1. The number of alkyl halides is 3. The summed E-state index contributed by atoms with van der Waals surface area (Å²) in [6.07, 6.45) is -4.92. The third kappa shape index (κ3) is 3.49. The van der Waals surface area contributed by atoms with E-state index in [0.29, 0.717) is 18.1 Å². The van der Waals surface area contributed by atoms with Gasteiger partial charge in [-0.15, -0.1) is 10.2 Å². The van der Waals surface area contributed by atoms with Crippen LogP contribution in [-0.2, 0) is 19.3 Å². The number of carbonyl (C=O) groups is 1. The lowest BCUT2D eigenvalue weighted by Gasteiger charge is -2.30. The predicted octanol–water partition coefficient (Wildman–Crippen LogP) is 1.66. The van der Waals surface area contributed by atoms with E-state index in [0.717, 1.165) is 4.57 Å². The molecule has 3 heterocycles. The van der Waals surface area contributed by atoms with Crippen molar-refractivity contribution in [3.8, 4) is 11.5 Å². The van der Waals surface area contributed by atoms with Crippen LogP contribution in [0.15, 0.2) is 24.3 Å². The average molecular weight is 383 g/mol. The molecule has 0 aliphatic carbocycles. The Morgan fingerprint density at radius 3 is 2.78 bits per heavy atom. The lowest BCUT2D eigenvalue weighted by Crippen LogP contribution is -2.48. The van der Waals surface area contributed by atoms with E-state index in [1.165, 1.54) is 4.90 Å². The molecule has 4 rings (SSSR count). The highest BCUT2D eigenvalue weighted by Crippen LogP contribution is 2.31. The zero-order chi connectivity index (χ0) is 19.0. The molecule has 1 atom stereocenters. The van der Waals surface area contributed by atoms with Crippen LogP contribution in [0.25, 0.3) is 0 Å². The number of nitrogens with zero attached hydrogens (tertiary/aromatic N) is 4. The summed E-state index contributed by atoms with van der Waals surface area (Å²) in [4.78, 5) is 13.7. The third-order valence-electron chi connectivity index (χ3n) is 4.34. The molecule has 0 fully saturated rings. The number of para-hydroxylation sites is 2. The molecular formula is C16H16F3N5O3. The highest BCUT2D eigenvalue weighted by Gasteiger charge is 2.40. The van der Waals surface area contributed by atoms with Gasteiger partial charge in [-0.05, 0) is 12.1 Å². The molecule has 1 aromatic heterocycles. The van der Waals surface area contributed by atoms with Crippen LogP contribution in [0.4, 0.5) is 18.0 Å². The van der Waals surface area contributed by atoms with Crippen molar-refractivity contribution < 1.29 is 27.4 Å². The van der Waals surface area contributed by atoms with E-state index in [4.69, 9.17) is 9.47 Å². The zero-order valence-corrected chi connectivity index (χ0v) is 14.1. The number of aromatic nitrogens is 3. The molecule has 27 heavy (non-hydrogen) atoms. The van der Waals surface area contributed by atoms with Gasteiger partial charge in [0, 0.05) is 13.1 Å². The number of ether oxygens (including phenoxy) is 2. The number of carbonyl (C=O) groups excluding carboxylic acids is 1. The van der Waals surface area contributed by atoms with Gasteiger partial charge in [0.25, 0.3) is 0 Å². The van der Waals surface area contributed by atoms with E-state index in [9.17, 15) is 18.0 Å². The summed E-state index contributed by atoms with van der Waals surface area (Å²) in [6, 6.07) is 6.83. The summed E-state index contributed by atoms with van der Waals surface area (Å²) < 4.78 is 50.9. The van der Waals surface area contributed by atoms with E-state index in [1.54, 1.807) is 12.1 Å². The van der Waals surface area contributed by atoms with Crippen molar-refractivity contribution in [2.24, 2.45) is 0 Å². The first-order valence-corrected chi connectivity index (χ1v) is 8.32. The van der Waals surface area contributed by atoms with Gasteiger partial charge in [0.2, 0.25) is 5.82 Å². The first kappa shape index (κ1) is 17.4. The Morgan fingerprint density at radius 2 is 2.00 bits per heavy atom. The second kappa shape index (κ2) is 6.63. The fourth-order valence-electron chi connectivity index (χ4n) is 3.02. The summed E-state index contributed by atoms with van der Waals surface area (Å²) >= 11 is 0. The topological polar surface area (TPSA) is 81.5 Å². The molecule has 0 radical (unpaired) electrons. The lowest BCUT2D eigenvalue weighted by molar-refractivity contribution is -0.147. The van der Waals surface area contributed by atoms with Gasteiger partial charge in [0.05, 0.1) is 13.1 Å². The molecule has 2 amide bonds. The quantitative estimate of drug-likeness (QED) is 0.853. The first-order valence-electron chi connectivity index (χ1n) is 8.32. The van der Waals surface area contributed by atoms with Gasteiger partial charge in [-0.1, -0.05) is 12.1 Å². The fourth-order valence-corrected chi connectivity index (χ4v) is 3.02. The molecule has 2 aliphatic rings. The maximum absolute atomic E-state index is 12.9. The Hall–Kier alpha value is -2.98. The summed E-state index contributed by atoms with van der Waals surface area (Å²) in [6.45, 7) is 0.580. The molecule has 0 unspecified atom stereocenters. The van der Waals surface area contributed by atoms with Crippen molar-refractivity contribution in [3.63, 3.8) is 0 Å². The number of fused-ring (bicyclic) bond motifs is 2. The summed E-state index contributed by atoms with van der Waals surface area (Å²) in [7, 11) is 0. The second-order valence-electron chi connectivity index (χ2n) is 6.19. The van der Waals surface area contributed by atoms with Crippen molar-refractivity contribution in [2.75, 3.05) is 19.7 Å². The van der Waals surface area contributed by atoms with Gasteiger partial charge in [-0.2, -0.15) is 13.2 Å². The SMILES string of the molecule is O=C(NC[C@@H]1COc2ccccc2O1)N1CCn2c(nnc2C(F)(F)F)C1. The molecule has 144 valence electrons. The van der Waals surface area contributed by atoms with E-state index < -0.39 is 18.0 Å². The Balaban J connectivity index is 1.33. The minimum absolute atomic E-state index is 0.0129. The fraction of sp³-hybridized carbons (Fsp3) is 0.438. The molecule has 2 aliphatic heterocycles. The van der Waals surface area contributed by atoms with Crippen molar-refractivity contribution in [3.05, 3.63) is 35.9 Å². The molecular weight excluding hydrogens is 367 g/mol. The van der Waals surface area contributed by atoms with Crippen molar-refractivity contribution in [1.29, 1.82) is 0 Å². The number of nitrogens with one attached hydrogen (secondary N) is 1. The molecule has 8 nitrogen and oxygen atoms in total. The summed E-state index contributed by atoms with van der Waals surface area (Å²) in [5.41, 5.74) is 0. The molecule has 1 N–H and O–H groups in total. The smallest absolute Gasteiger partial charge is 0.451 e. The summed E-state index contributed by atoms with van der Waals surface area (Å²) in [5, 5.41) is 9.48. The van der Waals surface area contributed by atoms with Gasteiger partial charge >= 0.3 is 12.2 Å². The number of hydrogen-bond acceptors (Lipinski definition) is 5. The highest BCUT2D eigenvalue weighted by molar-refractivity contribution is 5.74. The number of rotatable bonds is 2. The number of amides is 2. The Labute approximate surface area is 151 Å². The lowest BCUT2D eigenvalue weighted by atomic mass is 10.2. The molecule has 2 aromatic rings. The average Bonchev–Trinajstić information content (AvgIpc) is 3.09. The van der Waals surface area contributed by atoms with Crippen LogP contribution >= 0.6 is 0 Å². The monoisotopic (exact) mass is 383 g/mol. The van der Waals surface area contributed by atoms with Gasteiger partial charge < -0.3 is 24.3 Å². The van der Waals surface area contributed by atoms with E-state index in [1.807, 2.05) is 12.1 Å². The normalized spacial score (nSPS) is 18.8. The van der Waals surface area contributed by atoms with Gasteiger partial charge in [0.15, 0.2) is 23.4 Å². The summed E-state index contributed by atoms with van der Waals surface area (Å²) in [5.74, 6) is 0.323. The maximum Gasteiger partial charge on any atom is 0.451 e. The molecule has 0 bridgehead atoms. The standard InChI is InChI=1S/C16H16F3N5O3/c17-16(18,19)14-22-21-13-8-23(5-6-24(13)14)15(25)20-7-10-9-26-11-3-1-2-4-12(11)27-10/h1-4,10H,5-9H2,(H,20,25)/t10-/m1/s1. The molecule has 11 heteroatoms. The number of hydrogen-bond donors (Lipinski definition) is 1. The highest BCUT2D eigenvalue weighted by atomic mass is 19.4.